The van der Waals surface area contributed by atoms with E-state index in [9.17, 15) is 9.90 Å². The first kappa shape index (κ1) is 13.8. The number of rotatable bonds is 6. The van der Waals surface area contributed by atoms with Crippen LogP contribution in [0.15, 0.2) is 18.5 Å². The molecular weight excluding hydrogens is 244 g/mol. The van der Waals surface area contributed by atoms with Gasteiger partial charge in [-0.3, -0.25) is 9.78 Å². The molecule has 0 aliphatic rings. The van der Waals surface area contributed by atoms with Crippen LogP contribution >= 0.6 is 11.8 Å². The van der Waals surface area contributed by atoms with Crippen LogP contribution < -0.4 is 10.5 Å². The number of aromatic nitrogens is 1. The van der Waals surface area contributed by atoms with Gasteiger partial charge in [-0.25, -0.2) is 0 Å². The summed E-state index contributed by atoms with van der Waals surface area (Å²) in [5.41, 5.74) is 5.00. The maximum absolute atomic E-state index is 10.5. The van der Waals surface area contributed by atoms with Crippen LogP contribution in [0.1, 0.15) is 11.0 Å². The quantitative estimate of drug-likeness (QED) is 0.627. The molecule has 0 amide bonds. The largest absolute Gasteiger partial charge is 0.495 e. The van der Waals surface area contributed by atoms with E-state index in [2.05, 4.69) is 4.98 Å². The molecule has 1 aromatic heterocycles. The highest BCUT2D eigenvalue weighted by molar-refractivity contribution is 7.99. The van der Waals surface area contributed by atoms with Gasteiger partial charge < -0.3 is 20.7 Å². The van der Waals surface area contributed by atoms with Gasteiger partial charge >= 0.3 is 5.97 Å². The van der Waals surface area contributed by atoms with Crippen LogP contribution in [0.3, 0.4) is 0 Å². The van der Waals surface area contributed by atoms with Gasteiger partial charge in [0.15, 0.2) is 0 Å². The van der Waals surface area contributed by atoms with Crippen molar-refractivity contribution in [2.75, 3.05) is 12.9 Å². The third-order valence-corrected chi connectivity index (χ3v) is 3.15. The molecule has 2 atom stereocenters. The van der Waals surface area contributed by atoms with Gasteiger partial charge in [0.2, 0.25) is 0 Å². The molecule has 94 valence electrons. The van der Waals surface area contributed by atoms with E-state index < -0.39 is 17.4 Å². The average Bonchev–Trinajstić information content (AvgIpc) is 2.35. The lowest BCUT2D eigenvalue weighted by Crippen LogP contribution is -2.32. The predicted octanol–water partition coefficient (Wildman–Crippen LogP) is 0.226. The molecule has 1 aromatic rings. The first-order chi connectivity index (χ1) is 8.04. The summed E-state index contributed by atoms with van der Waals surface area (Å²) in [4.78, 5) is 14.4. The number of ether oxygens (including phenoxy) is 1. The van der Waals surface area contributed by atoms with Gasteiger partial charge in [0.25, 0.3) is 0 Å². The van der Waals surface area contributed by atoms with Crippen molar-refractivity contribution in [3.05, 3.63) is 24.0 Å². The van der Waals surface area contributed by atoms with Gasteiger partial charge in [0, 0.05) is 17.5 Å². The Morgan fingerprint density at radius 2 is 2.35 bits per heavy atom. The highest BCUT2D eigenvalue weighted by Gasteiger charge is 2.16. The fraction of sp³-hybridized carbons (Fsp3) is 0.400. The van der Waals surface area contributed by atoms with Crippen molar-refractivity contribution < 1.29 is 19.7 Å². The molecule has 0 aromatic carbocycles. The van der Waals surface area contributed by atoms with E-state index in [1.165, 1.54) is 19.5 Å². The lowest BCUT2D eigenvalue weighted by molar-refractivity contribution is -0.137. The molecule has 0 aliphatic carbocycles. The smallest absolute Gasteiger partial charge is 0.321 e. The molecule has 1 heterocycles. The molecule has 4 N–H and O–H groups in total. The minimum atomic E-state index is -1.09. The Morgan fingerprint density at radius 1 is 1.65 bits per heavy atom. The minimum Gasteiger partial charge on any atom is -0.495 e. The number of nitrogens with two attached hydrogens (primary N) is 1. The summed E-state index contributed by atoms with van der Waals surface area (Å²) in [5, 5.41) is 18.4. The van der Waals surface area contributed by atoms with Crippen molar-refractivity contribution in [2.45, 2.75) is 11.5 Å². The second kappa shape index (κ2) is 6.43. The van der Waals surface area contributed by atoms with Crippen molar-refractivity contribution >= 4 is 17.7 Å². The second-order valence-electron chi connectivity index (χ2n) is 3.29. The molecule has 0 aliphatic heterocycles. The molecule has 1 rings (SSSR count). The van der Waals surface area contributed by atoms with Gasteiger partial charge in [0.1, 0.15) is 17.2 Å². The fourth-order valence-corrected chi connectivity index (χ4v) is 1.90. The molecule has 0 saturated carbocycles. The number of aliphatic carboxylic acids is 1. The van der Waals surface area contributed by atoms with Gasteiger partial charge in [-0.15, -0.1) is 11.8 Å². The van der Waals surface area contributed by atoms with E-state index in [4.69, 9.17) is 15.6 Å². The summed E-state index contributed by atoms with van der Waals surface area (Å²) < 4.78 is 4.97. The average molecular weight is 258 g/mol. The molecule has 0 fully saturated rings. The number of pyridine rings is 1. The number of nitrogens with zero attached hydrogens (tertiary/aromatic N) is 1. The van der Waals surface area contributed by atoms with Gasteiger partial charge in [-0.1, -0.05) is 0 Å². The monoisotopic (exact) mass is 258 g/mol. The number of carboxylic acids is 1. The zero-order chi connectivity index (χ0) is 12.8. The van der Waals surface area contributed by atoms with E-state index >= 15 is 0 Å². The van der Waals surface area contributed by atoms with Crippen molar-refractivity contribution in [1.82, 2.24) is 4.98 Å². The molecule has 6 nitrogen and oxygen atoms in total. The third kappa shape index (κ3) is 4.22. The summed E-state index contributed by atoms with van der Waals surface area (Å²) in [6.45, 7) is 0. The Hall–Kier alpha value is -1.31. The van der Waals surface area contributed by atoms with Crippen molar-refractivity contribution in [3.63, 3.8) is 0 Å². The fourth-order valence-electron chi connectivity index (χ4n) is 1.04. The standard InChI is InChI=1S/C10H14N2O4S/c1-16-7-2-6(3-12-4-7)10(15)17-5-8(11)9(13)14/h2-4,8,10,15H,5,11H2,1H3,(H,13,14)/t8-,10-/m0/s1. The lowest BCUT2D eigenvalue weighted by Gasteiger charge is -2.12. The van der Waals surface area contributed by atoms with Crippen LogP contribution in [0.5, 0.6) is 5.75 Å². The van der Waals surface area contributed by atoms with E-state index in [-0.39, 0.29) is 5.75 Å². The molecule has 0 radical (unpaired) electrons. The Bertz CT molecular complexity index is 388. The molecule has 17 heavy (non-hydrogen) atoms. The van der Waals surface area contributed by atoms with Gasteiger partial charge in [-0.2, -0.15) is 0 Å². The third-order valence-electron chi connectivity index (χ3n) is 2.01. The molecule has 0 spiro atoms. The van der Waals surface area contributed by atoms with Crippen LogP contribution in [-0.4, -0.2) is 40.1 Å². The van der Waals surface area contributed by atoms with Gasteiger partial charge in [0.05, 0.1) is 13.3 Å². The number of methoxy groups -OCH3 is 1. The number of thioether (sulfide) groups is 1. The summed E-state index contributed by atoms with van der Waals surface area (Å²) in [7, 11) is 1.50. The first-order valence-corrected chi connectivity index (χ1v) is 5.86. The number of aliphatic hydroxyl groups excluding tert-OH is 1. The normalized spacial score (nSPS) is 14.1. The van der Waals surface area contributed by atoms with Crippen molar-refractivity contribution in [2.24, 2.45) is 5.73 Å². The lowest BCUT2D eigenvalue weighted by atomic mass is 10.3. The van der Waals surface area contributed by atoms with E-state index in [1.54, 1.807) is 6.07 Å². The summed E-state index contributed by atoms with van der Waals surface area (Å²) >= 11 is 1.04. The molecule has 0 bridgehead atoms. The van der Waals surface area contributed by atoms with Crippen LogP contribution in [0.4, 0.5) is 0 Å². The van der Waals surface area contributed by atoms with Crippen molar-refractivity contribution in [3.8, 4) is 5.75 Å². The zero-order valence-electron chi connectivity index (χ0n) is 9.24. The molecular formula is C10H14N2O4S. The Balaban J connectivity index is 2.57. The van der Waals surface area contributed by atoms with Gasteiger partial charge in [-0.05, 0) is 6.07 Å². The highest BCUT2D eigenvalue weighted by Crippen LogP contribution is 2.27. The Labute approximate surface area is 103 Å². The van der Waals surface area contributed by atoms with E-state index in [1.807, 2.05) is 0 Å². The molecule has 0 saturated heterocycles. The number of carboxylic acid groups (broad SMARTS) is 1. The zero-order valence-corrected chi connectivity index (χ0v) is 10.1. The number of hydrogen-bond donors (Lipinski definition) is 3. The van der Waals surface area contributed by atoms with Crippen molar-refractivity contribution in [1.29, 1.82) is 0 Å². The predicted molar refractivity (Wildman–Crippen MR) is 63.8 cm³/mol. The summed E-state index contributed by atoms with van der Waals surface area (Å²) in [5.74, 6) is -0.439. The SMILES string of the molecule is COc1cncc([C@@H](O)SC[C@H](N)C(=O)O)c1. The Morgan fingerprint density at radius 3 is 2.94 bits per heavy atom. The minimum absolute atomic E-state index is 0.119. The summed E-state index contributed by atoms with van der Waals surface area (Å²) in [6, 6.07) is 0.643. The topological polar surface area (TPSA) is 106 Å². The molecule has 7 heteroatoms. The maximum Gasteiger partial charge on any atom is 0.321 e. The van der Waals surface area contributed by atoms with Crippen LogP contribution in [0, 0.1) is 0 Å². The van der Waals surface area contributed by atoms with Crippen LogP contribution in [-0.2, 0) is 4.79 Å². The second-order valence-corrected chi connectivity index (χ2v) is 4.40. The van der Waals surface area contributed by atoms with E-state index in [0.29, 0.717) is 11.3 Å². The highest BCUT2D eigenvalue weighted by atomic mass is 32.2. The van der Waals surface area contributed by atoms with Crippen LogP contribution in [0.2, 0.25) is 0 Å². The summed E-state index contributed by atoms with van der Waals surface area (Å²) in [6.07, 6.45) is 3.01. The number of carbonyl (C=O) groups is 1. The first-order valence-electron chi connectivity index (χ1n) is 4.81. The maximum atomic E-state index is 10.5. The number of hydrogen-bond acceptors (Lipinski definition) is 6. The van der Waals surface area contributed by atoms with Crippen LogP contribution in [0.25, 0.3) is 0 Å². The Kier molecular flexibility index (Phi) is 5.20. The van der Waals surface area contributed by atoms with E-state index in [0.717, 1.165) is 11.8 Å². The number of aliphatic hydroxyl groups is 1. The molecule has 0 unspecified atom stereocenters.